The fourth-order valence-corrected chi connectivity index (χ4v) is 3.86. The van der Waals surface area contributed by atoms with Crippen molar-refractivity contribution in [1.82, 2.24) is 10.4 Å². The SMILES string of the molecule is Cc1[nH]c2ccccc2c1/C=N/NC(=O)c1cc2cc([N+](=O)[O-])ccc2s1. The Hall–Kier alpha value is -3.52. The molecule has 0 fully saturated rings. The van der Waals surface area contributed by atoms with Crippen molar-refractivity contribution in [3.05, 3.63) is 74.8 Å². The van der Waals surface area contributed by atoms with Crippen LogP contribution in [-0.4, -0.2) is 22.0 Å². The first-order valence-electron chi connectivity index (χ1n) is 8.11. The zero-order chi connectivity index (χ0) is 19.0. The van der Waals surface area contributed by atoms with Gasteiger partial charge in [0.2, 0.25) is 0 Å². The summed E-state index contributed by atoms with van der Waals surface area (Å²) in [7, 11) is 0. The van der Waals surface area contributed by atoms with Crippen molar-refractivity contribution < 1.29 is 9.72 Å². The van der Waals surface area contributed by atoms with Gasteiger partial charge in [-0.1, -0.05) is 18.2 Å². The van der Waals surface area contributed by atoms with Gasteiger partial charge in [0.15, 0.2) is 0 Å². The zero-order valence-electron chi connectivity index (χ0n) is 14.2. The molecule has 2 N–H and O–H groups in total. The summed E-state index contributed by atoms with van der Waals surface area (Å²) in [6.07, 6.45) is 1.62. The number of benzene rings is 2. The first-order valence-corrected chi connectivity index (χ1v) is 8.93. The smallest absolute Gasteiger partial charge is 0.281 e. The third kappa shape index (κ3) is 3.18. The number of carbonyl (C=O) groups excluding carboxylic acids is 1. The molecule has 0 spiro atoms. The molecule has 0 aliphatic rings. The summed E-state index contributed by atoms with van der Waals surface area (Å²) in [6, 6.07) is 14.0. The fraction of sp³-hybridized carbons (Fsp3) is 0.0526. The molecular weight excluding hydrogens is 364 g/mol. The summed E-state index contributed by atoms with van der Waals surface area (Å²) >= 11 is 1.26. The van der Waals surface area contributed by atoms with Crippen LogP contribution < -0.4 is 5.43 Å². The molecule has 0 aliphatic carbocycles. The van der Waals surface area contributed by atoms with Crippen LogP contribution in [0, 0.1) is 17.0 Å². The number of hydrogen-bond donors (Lipinski definition) is 2. The Morgan fingerprint density at radius 3 is 2.89 bits per heavy atom. The van der Waals surface area contributed by atoms with Crippen LogP contribution >= 0.6 is 11.3 Å². The summed E-state index contributed by atoms with van der Waals surface area (Å²) < 4.78 is 0.808. The molecule has 1 amide bonds. The molecule has 0 atom stereocenters. The molecule has 2 aromatic carbocycles. The van der Waals surface area contributed by atoms with Crippen LogP contribution in [0.25, 0.3) is 21.0 Å². The van der Waals surface area contributed by atoms with Crippen molar-refractivity contribution in [2.75, 3.05) is 0 Å². The third-order valence-corrected chi connectivity index (χ3v) is 5.35. The molecule has 2 aromatic heterocycles. The Bertz CT molecular complexity index is 1220. The molecule has 0 radical (unpaired) electrons. The topological polar surface area (TPSA) is 100 Å². The van der Waals surface area contributed by atoms with Crippen LogP contribution in [0.3, 0.4) is 0 Å². The maximum absolute atomic E-state index is 12.4. The lowest BCUT2D eigenvalue weighted by atomic mass is 10.1. The second-order valence-corrected chi connectivity index (χ2v) is 7.08. The Kier molecular flexibility index (Phi) is 4.17. The first kappa shape index (κ1) is 16.9. The van der Waals surface area contributed by atoms with E-state index >= 15 is 0 Å². The van der Waals surface area contributed by atoms with E-state index in [2.05, 4.69) is 15.5 Å². The van der Waals surface area contributed by atoms with Gasteiger partial charge in [0.25, 0.3) is 11.6 Å². The average molecular weight is 378 g/mol. The van der Waals surface area contributed by atoms with Gasteiger partial charge in [-0.15, -0.1) is 11.3 Å². The molecule has 134 valence electrons. The Morgan fingerprint density at radius 1 is 1.26 bits per heavy atom. The van der Waals surface area contributed by atoms with E-state index in [1.165, 1.54) is 23.5 Å². The Labute approximate surface area is 157 Å². The second-order valence-electron chi connectivity index (χ2n) is 6.00. The highest BCUT2D eigenvalue weighted by atomic mass is 32.1. The van der Waals surface area contributed by atoms with Crippen LogP contribution in [-0.2, 0) is 0 Å². The lowest BCUT2D eigenvalue weighted by Gasteiger charge is -1.96. The van der Waals surface area contributed by atoms with Gasteiger partial charge < -0.3 is 4.98 Å². The Morgan fingerprint density at radius 2 is 2.07 bits per heavy atom. The highest BCUT2D eigenvalue weighted by Crippen LogP contribution is 2.29. The van der Waals surface area contributed by atoms with Gasteiger partial charge in [-0.25, -0.2) is 5.43 Å². The predicted octanol–water partition coefficient (Wildman–Crippen LogP) is 4.36. The van der Waals surface area contributed by atoms with Gasteiger partial charge in [-0.2, -0.15) is 5.10 Å². The van der Waals surface area contributed by atoms with E-state index in [-0.39, 0.29) is 11.6 Å². The van der Waals surface area contributed by atoms with E-state index in [0.717, 1.165) is 26.9 Å². The first-order chi connectivity index (χ1) is 13.0. The minimum absolute atomic E-state index is 0.0000834. The summed E-state index contributed by atoms with van der Waals surface area (Å²) in [5.74, 6) is -0.354. The van der Waals surface area contributed by atoms with Gasteiger partial charge in [-0.05, 0) is 25.1 Å². The number of nitro groups is 1. The molecule has 8 heteroatoms. The number of amides is 1. The number of fused-ring (bicyclic) bond motifs is 2. The monoisotopic (exact) mass is 378 g/mol. The molecule has 0 unspecified atom stereocenters. The summed E-state index contributed by atoms with van der Waals surface area (Å²) in [5.41, 5.74) is 5.41. The largest absolute Gasteiger partial charge is 0.358 e. The number of aromatic amines is 1. The number of thiophene rings is 1. The molecule has 4 aromatic rings. The van der Waals surface area contributed by atoms with Crippen molar-refractivity contribution >= 4 is 50.1 Å². The molecule has 4 rings (SSSR count). The van der Waals surface area contributed by atoms with Gasteiger partial charge >= 0.3 is 0 Å². The lowest BCUT2D eigenvalue weighted by Crippen LogP contribution is -2.16. The molecule has 2 heterocycles. The third-order valence-electron chi connectivity index (χ3n) is 4.24. The summed E-state index contributed by atoms with van der Waals surface area (Å²) in [4.78, 5) is 26.5. The minimum atomic E-state index is -0.454. The molecule has 7 nitrogen and oxygen atoms in total. The molecule has 0 aliphatic heterocycles. The number of hydrogen-bond acceptors (Lipinski definition) is 5. The number of non-ortho nitro benzene ring substituents is 1. The van der Waals surface area contributed by atoms with Crippen LogP contribution in [0.1, 0.15) is 20.9 Å². The lowest BCUT2D eigenvalue weighted by molar-refractivity contribution is -0.384. The van der Waals surface area contributed by atoms with Crippen molar-refractivity contribution in [2.24, 2.45) is 5.10 Å². The van der Waals surface area contributed by atoms with Gasteiger partial charge in [0.05, 0.1) is 16.0 Å². The number of aromatic nitrogens is 1. The maximum atomic E-state index is 12.4. The number of H-pyrrole nitrogens is 1. The molecule has 0 bridgehead atoms. The van der Waals surface area contributed by atoms with E-state index in [1.807, 2.05) is 31.2 Å². The normalized spacial score (nSPS) is 11.4. The molecule has 0 saturated heterocycles. The quantitative estimate of drug-likeness (QED) is 0.313. The number of aryl methyl sites for hydroxylation is 1. The second kappa shape index (κ2) is 6.65. The van der Waals surface area contributed by atoms with Crippen molar-refractivity contribution in [2.45, 2.75) is 6.92 Å². The zero-order valence-corrected chi connectivity index (χ0v) is 15.0. The number of nitro benzene ring substituents is 1. The van der Waals surface area contributed by atoms with Crippen molar-refractivity contribution in [3.63, 3.8) is 0 Å². The summed E-state index contributed by atoms with van der Waals surface area (Å²) in [5, 5.41) is 16.6. The highest BCUT2D eigenvalue weighted by molar-refractivity contribution is 7.20. The van der Waals surface area contributed by atoms with E-state index < -0.39 is 4.92 Å². The predicted molar refractivity (Wildman–Crippen MR) is 107 cm³/mol. The average Bonchev–Trinajstić information content (AvgIpc) is 3.22. The molecular formula is C19H14N4O3S. The van der Waals surface area contributed by atoms with E-state index in [9.17, 15) is 14.9 Å². The molecule has 0 saturated carbocycles. The number of nitrogens with one attached hydrogen (secondary N) is 2. The van der Waals surface area contributed by atoms with Crippen LogP contribution in [0.5, 0.6) is 0 Å². The van der Waals surface area contributed by atoms with Gasteiger partial charge in [-0.3, -0.25) is 14.9 Å². The number of hydrazone groups is 1. The number of nitrogens with zero attached hydrogens (tertiary/aromatic N) is 2. The van der Waals surface area contributed by atoms with E-state index in [1.54, 1.807) is 18.3 Å². The standard InChI is InChI=1S/C19H14N4O3S/c1-11-15(14-4-2-3-5-16(14)21-11)10-20-22-19(24)18-9-12-8-13(23(25)26)6-7-17(12)27-18/h2-10,21H,1H3,(H,22,24)/b20-10+. The fourth-order valence-electron chi connectivity index (χ4n) is 2.93. The van der Waals surface area contributed by atoms with Gasteiger partial charge in [0.1, 0.15) is 0 Å². The van der Waals surface area contributed by atoms with Crippen LogP contribution in [0.2, 0.25) is 0 Å². The maximum Gasteiger partial charge on any atom is 0.281 e. The molecule has 27 heavy (non-hydrogen) atoms. The van der Waals surface area contributed by atoms with Crippen LogP contribution in [0.15, 0.2) is 53.6 Å². The minimum Gasteiger partial charge on any atom is -0.358 e. The van der Waals surface area contributed by atoms with Crippen LogP contribution in [0.4, 0.5) is 5.69 Å². The number of para-hydroxylation sites is 1. The van der Waals surface area contributed by atoms with E-state index in [0.29, 0.717) is 10.3 Å². The van der Waals surface area contributed by atoms with Crippen molar-refractivity contribution in [3.8, 4) is 0 Å². The van der Waals surface area contributed by atoms with Gasteiger partial charge in [0, 0.05) is 44.4 Å². The van der Waals surface area contributed by atoms with Crippen molar-refractivity contribution in [1.29, 1.82) is 0 Å². The number of rotatable bonds is 4. The summed E-state index contributed by atoms with van der Waals surface area (Å²) in [6.45, 7) is 1.95. The van der Waals surface area contributed by atoms with E-state index in [4.69, 9.17) is 0 Å². The number of carbonyl (C=O) groups is 1. The highest BCUT2D eigenvalue weighted by Gasteiger charge is 2.13. The Balaban J connectivity index is 1.55.